The standard InChI is InChI=1S/C12H15N3O/c1-3-15-8-10(7-14-15)9-4-11(13)6-12(5-9)16-2/h4-8H,3,13H2,1-2H3. The van der Waals surface area contributed by atoms with E-state index in [1.807, 2.05) is 29.2 Å². The smallest absolute Gasteiger partial charge is 0.121 e. The number of methoxy groups -OCH3 is 1. The fourth-order valence-electron chi connectivity index (χ4n) is 1.59. The largest absolute Gasteiger partial charge is 0.497 e. The van der Waals surface area contributed by atoms with Crippen LogP contribution in [-0.2, 0) is 6.54 Å². The Morgan fingerprint density at radius 2 is 2.12 bits per heavy atom. The number of ether oxygens (including phenoxy) is 1. The van der Waals surface area contributed by atoms with Gasteiger partial charge in [0, 0.05) is 30.1 Å². The molecular weight excluding hydrogens is 202 g/mol. The Bertz CT molecular complexity index is 491. The van der Waals surface area contributed by atoms with Crippen LogP contribution in [0.5, 0.6) is 5.75 Å². The maximum absolute atomic E-state index is 5.80. The van der Waals surface area contributed by atoms with Crippen molar-refractivity contribution in [2.45, 2.75) is 13.5 Å². The van der Waals surface area contributed by atoms with Crippen molar-refractivity contribution < 1.29 is 4.74 Å². The molecule has 0 saturated carbocycles. The van der Waals surface area contributed by atoms with Gasteiger partial charge in [-0.2, -0.15) is 5.10 Å². The highest BCUT2D eigenvalue weighted by atomic mass is 16.5. The second-order valence-electron chi connectivity index (χ2n) is 3.58. The van der Waals surface area contributed by atoms with E-state index in [2.05, 4.69) is 12.0 Å². The Balaban J connectivity index is 2.42. The molecule has 2 aromatic rings. The number of anilines is 1. The number of hydrogen-bond donors (Lipinski definition) is 1. The van der Waals surface area contributed by atoms with Gasteiger partial charge < -0.3 is 10.5 Å². The van der Waals surface area contributed by atoms with Crippen molar-refractivity contribution in [3.8, 4) is 16.9 Å². The van der Waals surface area contributed by atoms with Crippen LogP contribution in [-0.4, -0.2) is 16.9 Å². The fraction of sp³-hybridized carbons (Fsp3) is 0.250. The average Bonchev–Trinajstić information content (AvgIpc) is 2.76. The molecule has 16 heavy (non-hydrogen) atoms. The van der Waals surface area contributed by atoms with Crippen LogP contribution in [0.1, 0.15) is 6.92 Å². The summed E-state index contributed by atoms with van der Waals surface area (Å²) < 4.78 is 7.06. The lowest BCUT2D eigenvalue weighted by Gasteiger charge is -2.04. The Hall–Kier alpha value is -1.97. The lowest BCUT2D eigenvalue weighted by atomic mass is 10.1. The molecule has 1 heterocycles. The first-order valence-corrected chi connectivity index (χ1v) is 5.20. The van der Waals surface area contributed by atoms with Crippen molar-refractivity contribution in [3.63, 3.8) is 0 Å². The summed E-state index contributed by atoms with van der Waals surface area (Å²) in [5, 5.41) is 4.23. The Labute approximate surface area is 94.6 Å². The van der Waals surface area contributed by atoms with Crippen LogP contribution in [0, 0.1) is 0 Å². The third kappa shape index (κ3) is 2.00. The molecule has 0 aliphatic rings. The number of rotatable bonds is 3. The van der Waals surface area contributed by atoms with E-state index in [0.717, 1.165) is 23.4 Å². The third-order valence-corrected chi connectivity index (χ3v) is 2.46. The lowest BCUT2D eigenvalue weighted by Crippen LogP contribution is -1.92. The first-order chi connectivity index (χ1) is 7.72. The molecule has 84 valence electrons. The van der Waals surface area contributed by atoms with E-state index in [1.165, 1.54) is 0 Å². The number of benzene rings is 1. The Morgan fingerprint density at radius 1 is 1.31 bits per heavy atom. The van der Waals surface area contributed by atoms with Crippen LogP contribution in [0.3, 0.4) is 0 Å². The number of hydrogen-bond acceptors (Lipinski definition) is 3. The SMILES string of the molecule is CCn1cc(-c2cc(N)cc(OC)c2)cn1. The molecule has 2 N–H and O–H groups in total. The number of nitrogens with zero attached hydrogens (tertiary/aromatic N) is 2. The highest BCUT2D eigenvalue weighted by Crippen LogP contribution is 2.26. The maximum atomic E-state index is 5.80. The van der Waals surface area contributed by atoms with Gasteiger partial charge in [-0.05, 0) is 24.6 Å². The van der Waals surface area contributed by atoms with Gasteiger partial charge in [0.2, 0.25) is 0 Å². The average molecular weight is 217 g/mol. The third-order valence-electron chi connectivity index (χ3n) is 2.46. The number of nitrogen functional groups attached to an aromatic ring is 1. The minimum absolute atomic E-state index is 0.693. The highest BCUT2D eigenvalue weighted by molar-refractivity contribution is 5.68. The fourth-order valence-corrected chi connectivity index (χ4v) is 1.59. The van der Waals surface area contributed by atoms with Gasteiger partial charge in [0.15, 0.2) is 0 Å². The van der Waals surface area contributed by atoms with Gasteiger partial charge in [-0.3, -0.25) is 4.68 Å². The first kappa shape index (κ1) is 10.5. The molecule has 0 aliphatic heterocycles. The Morgan fingerprint density at radius 3 is 2.75 bits per heavy atom. The molecule has 0 radical (unpaired) electrons. The van der Waals surface area contributed by atoms with Crippen molar-refractivity contribution in [2.24, 2.45) is 0 Å². The molecule has 1 aromatic carbocycles. The first-order valence-electron chi connectivity index (χ1n) is 5.20. The second-order valence-corrected chi connectivity index (χ2v) is 3.58. The van der Waals surface area contributed by atoms with Crippen LogP contribution in [0.4, 0.5) is 5.69 Å². The second kappa shape index (κ2) is 4.26. The van der Waals surface area contributed by atoms with Crippen LogP contribution < -0.4 is 10.5 Å². The van der Waals surface area contributed by atoms with E-state index < -0.39 is 0 Å². The summed E-state index contributed by atoms with van der Waals surface area (Å²) in [6, 6.07) is 5.67. The normalized spacial score (nSPS) is 10.4. The van der Waals surface area contributed by atoms with Gasteiger partial charge in [-0.1, -0.05) is 0 Å². The summed E-state index contributed by atoms with van der Waals surface area (Å²) in [7, 11) is 1.63. The van der Waals surface area contributed by atoms with Gasteiger partial charge in [-0.25, -0.2) is 0 Å². The number of aromatic nitrogens is 2. The summed E-state index contributed by atoms with van der Waals surface area (Å²) in [6.07, 6.45) is 3.83. The predicted octanol–water partition coefficient (Wildman–Crippen LogP) is 2.16. The molecule has 0 spiro atoms. The summed E-state index contributed by atoms with van der Waals surface area (Å²) in [5.74, 6) is 0.763. The molecule has 0 bridgehead atoms. The Kier molecular flexibility index (Phi) is 2.81. The molecule has 2 rings (SSSR count). The van der Waals surface area contributed by atoms with Gasteiger partial charge in [0.05, 0.1) is 13.3 Å². The van der Waals surface area contributed by atoms with E-state index in [0.29, 0.717) is 5.69 Å². The van der Waals surface area contributed by atoms with Gasteiger partial charge >= 0.3 is 0 Å². The van der Waals surface area contributed by atoms with Crippen molar-refractivity contribution in [1.82, 2.24) is 9.78 Å². The van der Waals surface area contributed by atoms with Gasteiger partial charge in [0.1, 0.15) is 5.75 Å². The molecule has 4 nitrogen and oxygen atoms in total. The molecule has 0 amide bonds. The zero-order chi connectivity index (χ0) is 11.5. The quantitative estimate of drug-likeness (QED) is 0.801. The molecule has 4 heteroatoms. The molecule has 1 aromatic heterocycles. The number of aryl methyl sites for hydroxylation is 1. The van der Waals surface area contributed by atoms with E-state index >= 15 is 0 Å². The molecule has 0 fully saturated rings. The minimum Gasteiger partial charge on any atom is -0.497 e. The molecular formula is C12H15N3O. The van der Waals surface area contributed by atoms with Gasteiger partial charge in [-0.15, -0.1) is 0 Å². The summed E-state index contributed by atoms with van der Waals surface area (Å²) in [5.41, 5.74) is 8.57. The highest BCUT2D eigenvalue weighted by Gasteiger charge is 2.04. The van der Waals surface area contributed by atoms with Crippen molar-refractivity contribution in [1.29, 1.82) is 0 Å². The van der Waals surface area contributed by atoms with Crippen LogP contribution in [0.15, 0.2) is 30.6 Å². The van der Waals surface area contributed by atoms with Crippen molar-refractivity contribution >= 4 is 5.69 Å². The van der Waals surface area contributed by atoms with E-state index in [9.17, 15) is 0 Å². The monoisotopic (exact) mass is 217 g/mol. The molecule has 0 aliphatic carbocycles. The predicted molar refractivity (Wildman–Crippen MR) is 64.3 cm³/mol. The molecule has 0 saturated heterocycles. The maximum Gasteiger partial charge on any atom is 0.121 e. The topological polar surface area (TPSA) is 53.1 Å². The summed E-state index contributed by atoms with van der Waals surface area (Å²) >= 11 is 0. The van der Waals surface area contributed by atoms with Crippen LogP contribution >= 0.6 is 0 Å². The van der Waals surface area contributed by atoms with E-state index in [-0.39, 0.29) is 0 Å². The van der Waals surface area contributed by atoms with Crippen molar-refractivity contribution in [3.05, 3.63) is 30.6 Å². The zero-order valence-electron chi connectivity index (χ0n) is 9.47. The van der Waals surface area contributed by atoms with Crippen LogP contribution in [0.25, 0.3) is 11.1 Å². The zero-order valence-corrected chi connectivity index (χ0v) is 9.47. The molecule has 0 unspecified atom stereocenters. The van der Waals surface area contributed by atoms with Gasteiger partial charge in [0.25, 0.3) is 0 Å². The van der Waals surface area contributed by atoms with E-state index in [1.54, 1.807) is 13.2 Å². The summed E-state index contributed by atoms with van der Waals surface area (Å²) in [6.45, 7) is 2.91. The number of nitrogens with two attached hydrogens (primary N) is 1. The molecule has 0 atom stereocenters. The summed E-state index contributed by atoms with van der Waals surface area (Å²) in [4.78, 5) is 0. The van der Waals surface area contributed by atoms with E-state index in [4.69, 9.17) is 10.5 Å². The van der Waals surface area contributed by atoms with Crippen LogP contribution in [0.2, 0.25) is 0 Å². The lowest BCUT2D eigenvalue weighted by molar-refractivity contribution is 0.415. The minimum atomic E-state index is 0.693. The van der Waals surface area contributed by atoms with Crippen molar-refractivity contribution in [2.75, 3.05) is 12.8 Å².